The van der Waals surface area contributed by atoms with Crippen molar-refractivity contribution in [2.75, 3.05) is 18.5 Å². The summed E-state index contributed by atoms with van der Waals surface area (Å²) in [5.74, 6) is 2.17. The lowest BCUT2D eigenvalue weighted by molar-refractivity contribution is 0.00919. The van der Waals surface area contributed by atoms with Crippen LogP contribution in [0.4, 0.5) is 5.82 Å². The third-order valence-electron chi connectivity index (χ3n) is 3.66. The minimum atomic E-state index is -0.323. The molecule has 5 heteroatoms. The van der Waals surface area contributed by atoms with Gasteiger partial charge in [0.25, 0.3) is 0 Å². The van der Waals surface area contributed by atoms with Gasteiger partial charge in [0.1, 0.15) is 11.4 Å². The first-order valence-corrected chi connectivity index (χ1v) is 8.51. The van der Waals surface area contributed by atoms with Crippen LogP contribution in [0, 0.1) is 3.57 Å². The normalized spacial score (nSPS) is 22.5. The van der Waals surface area contributed by atoms with Gasteiger partial charge in [-0.15, -0.1) is 0 Å². The van der Waals surface area contributed by atoms with E-state index < -0.39 is 0 Å². The van der Waals surface area contributed by atoms with Gasteiger partial charge in [-0.1, -0.05) is 20.8 Å². The highest BCUT2D eigenvalue weighted by Crippen LogP contribution is 2.36. The van der Waals surface area contributed by atoms with Crippen LogP contribution in [0.1, 0.15) is 64.4 Å². The summed E-state index contributed by atoms with van der Waals surface area (Å²) >= 11 is 2.35. The molecule has 0 saturated carbocycles. The topological polar surface area (TPSA) is 47.0 Å². The summed E-state index contributed by atoms with van der Waals surface area (Å²) in [5, 5.41) is 3.42. The predicted molar refractivity (Wildman–Crippen MR) is 90.2 cm³/mol. The fourth-order valence-corrected chi connectivity index (χ4v) is 3.45. The van der Waals surface area contributed by atoms with Crippen molar-refractivity contribution in [2.45, 2.75) is 58.5 Å². The molecule has 1 aromatic rings. The standard InChI is InChI=1S/C15H24IN3O/c1-5-8-17-13-11(16)12(10(2)3)18-14(19-13)15(4)7-6-9-20-15/h10H,5-9H2,1-4H3,(H,17,18,19). The molecule has 4 nitrogen and oxygen atoms in total. The molecular formula is C15H24IN3O. The highest BCUT2D eigenvalue weighted by atomic mass is 127. The van der Waals surface area contributed by atoms with Crippen molar-refractivity contribution in [3.05, 3.63) is 15.1 Å². The second-order valence-electron chi connectivity index (χ2n) is 5.86. The van der Waals surface area contributed by atoms with Crippen LogP contribution in [0.15, 0.2) is 0 Å². The van der Waals surface area contributed by atoms with Crippen molar-refractivity contribution in [3.63, 3.8) is 0 Å². The van der Waals surface area contributed by atoms with E-state index in [0.717, 1.165) is 53.3 Å². The van der Waals surface area contributed by atoms with Crippen LogP contribution in [-0.2, 0) is 10.3 Å². The molecule has 0 aliphatic carbocycles. The summed E-state index contributed by atoms with van der Waals surface area (Å²) < 4.78 is 7.04. The minimum Gasteiger partial charge on any atom is -0.369 e. The highest BCUT2D eigenvalue weighted by molar-refractivity contribution is 14.1. The van der Waals surface area contributed by atoms with Gasteiger partial charge in [-0.2, -0.15) is 0 Å². The highest BCUT2D eigenvalue weighted by Gasteiger charge is 2.36. The molecule has 1 unspecified atom stereocenters. The van der Waals surface area contributed by atoms with E-state index in [1.807, 2.05) is 0 Å². The average Bonchev–Trinajstić information content (AvgIpc) is 2.85. The van der Waals surface area contributed by atoms with E-state index in [-0.39, 0.29) is 5.60 Å². The van der Waals surface area contributed by atoms with Gasteiger partial charge in [0, 0.05) is 13.2 Å². The fraction of sp³-hybridized carbons (Fsp3) is 0.733. The van der Waals surface area contributed by atoms with Crippen LogP contribution in [0.5, 0.6) is 0 Å². The maximum absolute atomic E-state index is 5.91. The number of rotatable bonds is 5. The van der Waals surface area contributed by atoms with Gasteiger partial charge < -0.3 is 10.1 Å². The molecular weight excluding hydrogens is 365 g/mol. The second-order valence-corrected chi connectivity index (χ2v) is 6.94. The minimum absolute atomic E-state index is 0.323. The molecule has 1 N–H and O–H groups in total. The smallest absolute Gasteiger partial charge is 0.162 e. The van der Waals surface area contributed by atoms with Crippen LogP contribution in [0.2, 0.25) is 0 Å². The number of halogens is 1. The van der Waals surface area contributed by atoms with Crippen LogP contribution in [0.3, 0.4) is 0 Å². The molecule has 1 fully saturated rings. The largest absolute Gasteiger partial charge is 0.369 e. The molecule has 20 heavy (non-hydrogen) atoms. The molecule has 2 rings (SSSR count). The van der Waals surface area contributed by atoms with E-state index in [1.54, 1.807) is 0 Å². The number of hydrogen-bond acceptors (Lipinski definition) is 4. The number of aromatic nitrogens is 2. The Morgan fingerprint density at radius 2 is 2.15 bits per heavy atom. The van der Waals surface area contributed by atoms with E-state index in [0.29, 0.717) is 5.92 Å². The Kier molecular flexibility index (Phi) is 5.23. The van der Waals surface area contributed by atoms with Crippen LogP contribution < -0.4 is 5.32 Å². The second kappa shape index (κ2) is 6.56. The van der Waals surface area contributed by atoms with Gasteiger partial charge in [-0.3, -0.25) is 0 Å². The summed E-state index contributed by atoms with van der Waals surface area (Å²) in [5.41, 5.74) is 0.794. The Bertz CT molecular complexity index is 470. The monoisotopic (exact) mass is 389 g/mol. The molecule has 0 bridgehead atoms. The lowest BCUT2D eigenvalue weighted by Gasteiger charge is -2.24. The molecule has 0 spiro atoms. The zero-order chi connectivity index (χ0) is 14.8. The predicted octanol–water partition coefficient (Wildman–Crippen LogP) is 4.05. The van der Waals surface area contributed by atoms with Crippen LogP contribution in [0.25, 0.3) is 0 Å². The van der Waals surface area contributed by atoms with E-state index in [4.69, 9.17) is 14.7 Å². The first kappa shape index (κ1) is 15.9. The number of nitrogens with zero attached hydrogens (tertiary/aromatic N) is 2. The van der Waals surface area contributed by atoms with Gasteiger partial charge >= 0.3 is 0 Å². The van der Waals surface area contributed by atoms with E-state index in [1.165, 1.54) is 0 Å². The number of nitrogens with one attached hydrogen (secondary N) is 1. The third kappa shape index (κ3) is 3.24. The van der Waals surface area contributed by atoms with Gasteiger partial charge in [0.05, 0.1) is 9.26 Å². The van der Waals surface area contributed by atoms with E-state index >= 15 is 0 Å². The van der Waals surface area contributed by atoms with Crippen LogP contribution in [-0.4, -0.2) is 23.1 Å². The molecule has 0 aromatic carbocycles. The summed E-state index contributed by atoms with van der Waals surface area (Å²) in [6, 6.07) is 0. The molecule has 0 amide bonds. The Hall–Kier alpha value is -0.430. The SMILES string of the molecule is CCCNc1nc(C2(C)CCCO2)nc(C(C)C)c1I. The Morgan fingerprint density at radius 3 is 2.70 bits per heavy atom. The van der Waals surface area contributed by atoms with Crippen molar-refractivity contribution >= 4 is 28.4 Å². The summed E-state index contributed by atoms with van der Waals surface area (Å²) in [4.78, 5) is 9.56. The fourth-order valence-electron chi connectivity index (χ4n) is 2.40. The van der Waals surface area contributed by atoms with Crippen molar-refractivity contribution < 1.29 is 4.74 Å². The molecule has 2 heterocycles. The van der Waals surface area contributed by atoms with Gasteiger partial charge in [-0.25, -0.2) is 9.97 Å². The average molecular weight is 389 g/mol. The molecule has 1 aliphatic rings. The van der Waals surface area contributed by atoms with Crippen molar-refractivity contribution in [1.82, 2.24) is 9.97 Å². The van der Waals surface area contributed by atoms with E-state index in [2.05, 4.69) is 55.6 Å². The van der Waals surface area contributed by atoms with E-state index in [9.17, 15) is 0 Å². The Morgan fingerprint density at radius 1 is 1.40 bits per heavy atom. The van der Waals surface area contributed by atoms with Crippen molar-refractivity contribution in [1.29, 1.82) is 0 Å². The zero-order valence-electron chi connectivity index (χ0n) is 12.8. The first-order chi connectivity index (χ1) is 9.48. The van der Waals surface area contributed by atoms with Crippen molar-refractivity contribution in [2.24, 2.45) is 0 Å². The van der Waals surface area contributed by atoms with Crippen LogP contribution >= 0.6 is 22.6 Å². The zero-order valence-corrected chi connectivity index (χ0v) is 15.0. The van der Waals surface area contributed by atoms with Gasteiger partial charge in [-0.05, 0) is 54.7 Å². The lowest BCUT2D eigenvalue weighted by atomic mass is 10.0. The third-order valence-corrected chi connectivity index (χ3v) is 4.72. The molecule has 0 radical (unpaired) electrons. The molecule has 1 aliphatic heterocycles. The first-order valence-electron chi connectivity index (χ1n) is 7.43. The summed E-state index contributed by atoms with van der Waals surface area (Å²) in [6.45, 7) is 10.4. The molecule has 1 atom stereocenters. The lowest BCUT2D eigenvalue weighted by Crippen LogP contribution is -2.25. The molecule has 1 saturated heterocycles. The maximum Gasteiger partial charge on any atom is 0.162 e. The van der Waals surface area contributed by atoms with Gasteiger partial charge in [0.15, 0.2) is 5.82 Å². The van der Waals surface area contributed by atoms with Gasteiger partial charge in [0.2, 0.25) is 0 Å². The molecule has 112 valence electrons. The molecule has 1 aromatic heterocycles. The Balaban J connectivity index is 2.44. The number of anilines is 1. The summed E-state index contributed by atoms with van der Waals surface area (Å²) in [6.07, 6.45) is 3.17. The number of hydrogen-bond donors (Lipinski definition) is 1. The number of ether oxygens (including phenoxy) is 1. The summed E-state index contributed by atoms with van der Waals surface area (Å²) in [7, 11) is 0. The Labute approximate surface area is 135 Å². The maximum atomic E-state index is 5.91. The quantitative estimate of drug-likeness (QED) is 0.772. The van der Waals surface area contributed by atoms with Crippen molar-refractivity contribution in [3.8, 4) is 0 Å².